The van der Waals surface area contributed by atoms with E-state index in [-0.39, 0.29) is 17.2 Å². The lowest BCUT2D eigenvalue weighted by molar-refractivity contribution is 0.377. The van der Waals surface area contributed by atoms with Gasteiger partial charge in [0.15, 0.2) is 11.8 Å². The summed E-state index contributed by atoms with van der Waals surface area (Å²) in [6.45, 7) is 7.08. The van der Waals surface area contributed by atoms with Crippen molar-refractivity contribution < 1.29 is 4.39 Å². The van der Waals surface area contributed by atoms with Crippen molar-refractivity contribution in [3.63, 3.8) is 0 Å². The van der Waals surface area contributed by atoms with Crippen LogP contribution >= 0.6 is 0 Å². The van der Waals surface area contributed by atoms with Crippen LogP contribution in [0, 0.1) is 17.8 Å². The largest absolute Gasteiger partial charge is 0.397 e. The van der Waals surface area contributed by atoms with Gasteiger partial charge in [-0.1, -0.05) is 19.4 Å². The molecule has 0 bridgehead atoms. The zero-order valence-corrected chi connectivity index (χ0v) is 12.6. The van der Waals surface area contributed by atoms with E-state index in [9.17, 15) is 4.39 Å². The van der Waals surface area contributed by atoms with Crippen LogP contribution in [0.15, 0.2) is 17.9 Å². The summed E-state index contributed by atoms with van der Waals surface area (Å²) in [6, 6.07) is 0.166. The van der Waals surface area contributed by atoms with Gasteiger partial charge in [0.25, 0.3) is 0 Å². The van der Waals surface area contributed by atoms with Crippen LogP contribution < -0.4 is 5.73 Å². The lowest BCUT2D eigenvalue weighted by Crippen LogP contribution is -2.14. The zero-order valence-electron chi connectivity index (χ0n) is 12.6. The maximum absolute atomic E-state index is 13.3. The molecule has 2 N–H and O–H groups in total. The fourth-order valence-corrected chi connectivity index (χ4v) is 2.99. The van der Waals surface area contributed by atoms with Gasteiger partial charge in [-0.05, 0) is 25.7 Å². The van der Waals surface area contributed by atoms with Crippen LogP contribution in [0.2, 0.25) is 0 Å². The third-order valence-electron chi connectivity index (χ3n) is 4.29. The van der Waals surface area contributed by atoms with Gasteiger partial charge in [0.05, 0.1) is 12.0 Å². The van der Waals surface area contributed by atoms with Crippen LogP contribution in [0.25, 0.3) is 5.70 Å². The average Bonchev–Trinajstić information content (AvgIpc) is 3.02. The summed E-state index contributed by atoms with van der Waals surface area (Å²) in [5.74, 6) is 2.83. The Bertz CT molecular complexity index is 619. The van der Waals surface area contributed by atoms with Crippen LogP contribution in [0.5, 0.6) is 0 Å². The molecule has 21 heavy (non-hydrogen) atoms. The third-order valence-corrected chi connectivity index (χ3v) is 4.29. The summed E-state index contributed by atoms with van der Waals surface area (Å²) < 4.78 is 15.1. The highest BCUT2D eigenvalue weighted by atomic mass is 19.1. The van der Waals surface area contributed by atoms with Crippen LogP contribution in [-0.2, 0) is 0 Å². The Morgan fingerprint density at radius 3 is 2.95 bits per heavy atom. The Morgan fingerprint density at radius 2 is 2.48 bits per heavy atom. The Morgan fingerprint density at radius 1 is 1.76 bits per heavy atom. The molecule has 1 aliphatic rings. The summed E-state index contributed by atoms with van der Waals surface area (Å²) >= 11 is 0. The Kier molecular flexibility index (Phi) is 4.17. The summed E-state index contributed by atoms with van der Waals surface area (Å²) in [5, 5.41) is 0. The number of nitrogens with two attached hydrogens (primary N) is 1. The van der Waals surface area contributed by atoms with E-state index in [1.807, 2.05) is 4.57 Å². The highest BCUT2D eigenvalue weighted by molar-refractivity contribution is 5.78. The van der Waals surface area contributed by atoms with Crippen LogP contribution in [0.4, 0.5) is 10.2 Å². The molecule has 2 unspecified atom stereocenters. The molecular formula is C16H21FN4. The van der Waals surface area contributed by atoms with E-state index in [4.69, 9.17) is 12.2 Å². The number of hydrogen-bond donors (Lipinski definition) is 1. The highest BCUT2D eigenvalue weighted by Crippen LogP contribution is 2.47. The number of aliphatic imine (C=N–C) groups is 1. The van der Waals surface area contributed by atoms with Crippen molar-refractivity contribution in [2.45, 2.75) is 45.6 Å². The number of hydrogen-bond acceptors (Lipinski definition) is 3. The number of terminal acetylenes is 1. The van der Waals surface area contributed by atoms with Crippen molar-refractivity contribution in [1.29, 1.82) is 0 Å². The fraction of sp³-hybridized carbons (Fsp3) is 0.500. The molecule has 1 aliphatic carbocycles. The summed E-state index contributed by atoms with van der Waals surface area (Å²) in [6.07, 6.45) is 11.0. The molecule has 0 aromatic carbocycles. The lowest BCUT2D eigenvalue weighted by Gasteiger charge is -2.21. The second kappa shape index (κ2) is 5.72. The van der Waals surface area contributed by atoms with E-state index in [0.29, 0.717) is 11.5 Å². The number of aromatic nitrogens is 2. The maximum Gasteiger partial charge on any atom is 0.187 e. The minimum atomic E-state index is -0.532. The number of imidazole rings is 1. The van der Waals surface area contributed by atoms with Gasteiger partial charge >= 0.3 is 0 Å². The lowest BCUT2D eigenvalue weighted by atomic mass is 9.84. The van der Waals surface area contributed by atoms with Crippen molar-refractivity contribution in [1.82, 2.24) is 9.55 Å². The summed E-state index contributed by atoms with van der Waals surface area (Å²) in [4.78, 5) is 8.17. The van der Waals surface area contributed by atoms with E-state index >= 15 is 0 Å². The molecule has 0 aliphatic heterocycles. The molecule has 1 fully saturated rings. The number of halogens is 1. The molecule has 0 radical (unpaired) electrons. The van der Waals surface area contributed by atoms with E-state index in [1.54, 1.807) is 6.33 Å². The second-order valence-corrected chi connectivity index (χ2v) is 5.63. The van der Waals surface area contributed by atoms with Crippen molar-refractivity contribution in [2.24, 2.45) is 16.1 Å². The first-order valence-corrected chi connectivity index (χ1v) is 7.12. The second-order valence-electron chi connectivity index (χ2n) is 5.63. The molecule has 0 spiro atoms. The molecule has 112 valence electrons. The minimum Gasteiger partial charge on any atom is -0.397 e. The smallest absolute Gasteiger partial charge is 0.187 e. The first-order valence-electron chi connectivity index (χ1n) is 7.12. The van der Waals surface area contributed by atoms with Gasteiger partial charge in [0, 0.05) is 18.4 Å². The molecule has 1 saturated carbocycles. The van der Waals surface area contributed by atoms with Gasteiger partial charge in [-0.25, -0.2) is 9.98 Å². The molecule has 5 heteroatoms. The van der Waals surface area contributed by atoms with Gasteiger partial charge in [-0.3, -0.25) is 0 Å². The normalized spacial score (nSPS) is 25.8. The van der Waals surface area contributed by atoms with Crippen LogP contribution in [0.3, 0.4) is 0 Å². The van der Waals surface area contributed by atoms with Gasteiger partial charge in [0.1, 0.15) is 5.69 Å². The van der Waals surface area contributed by atoms with Gasteiger partial charge in [0.2, 0.25) is 0 Å². The number of nitrogens with zero attached hydrogens (tertiary/aromatic N) is 3. The molecular weight excluding hydrogens is 267 g/mol. The van der Waals surface area contributed by atoms with Crippen molar-refractivity contribution in [3.05, 3.63) is 18.6 Å². The van der Waals surface area contributed by atoms with Crippen molar-refractivity contribution >= 4 is 17.5 Å². The van der Waals surface area contributed by atoms with Gasteiger partial charge < -0.3 is 10.3 Å². The summed E-state index contributed by atoms with van der Waals surface area (Å²) in [7, 11) is 0. The molecule has 1 aromatic heterocycles. The van der Waals surface area contributed by atoms with Crippen LogP contribution in [-0.4, -0.2) is 15.5 Å². The van der Waals surface area contributed by atoms with E-state index in [1.165, 1.54) is 6.92 Å². The first kappa shape index (κ1) is 15.3. The predicted molar refractivity (Wildman–Crippen MR) is 83.8 cm³/mol. The van der Waals surface area contributed by atoms with Gasteiger partial charge in [-0.15, -0.1) is 6.42 Å². The van der Waals surface area contributed by atoms with Crippen LogP contribution in [0.1, 0.15) is 51.3 Å². The summed E-state index contributed by atoms with van der Waals surface area (Å²) in [5.41, 5.74) is 6.35. The first-order chi connectivity index (χ1) is 9.92. The van der Waals surface area contributed by atoms with E-state index < -0.39 is 5.97 Å². The minimum absolute atomic E-state index is 0.0828. The maximum atomic E-state index is 13.3. The Labute approximate surface area is 125 Å². The Balaban J connectivity index is 2.40. The third kappa shape index (κ3) is 2.85. The monoisotopic (exact) mass is 288 g/mol. The molecule has 2 rings (SSSR count). The predicted octanol–water partition coefficient (Wildman–Crippen LogP) is 3.59. The number of rotatable bonds is 4. The molecule has 1 heterocycles. The van der Waals surface area contributed by atoms with Crippen molar-refractivity contribution in [3.8, 4) is 12.3 Å². The topological polar surface area (TPSA) is 56.2 Å². The average molecular weight is 288 g/mol. The SMILES string of the molecule is C#CC1(CC)CCC(n2cnc(C(=C)N)c2/N=C(\C)F)C1. The Hall–Kier alpha value is -2.09. The van der Waals surface area contributed by atoms with Crippen molar-refractivity contribution in [2.75, 3.05) is 0 Å². The fourth-order valence-electron chi connectivity index (χ4n) is 2.99. The highest BCUT2D eigenvalue weighted by Gasteiger charge is 2.38. The molecule has 4 nitrogen and oxygen atoms in total. The van der Waals surface area contributed by atoms with E-state index in [2.05, 4.69) is 29.4 Å². The quantitative estimate of drug-likeness (QED) is 0.680. The zero-order chi connectivity index (χ0) is 15.6. The standard InChI is InChI=1S/C16H21FN4/c1-5-16(6-2)8-7-13(9-16)21-10-19-14(11(3)18)15(21)20-12(4)17/h1,10,13H,3,6-9,18H2,2,4H3/b20-12+. The molecule has 0 amide bonds. The molecule has 2 atom stereocenters. The van der Waals surface area contributed by atoms with Gasteiger partial charge in [-0.2, -0.15) is 4.39 Å². The molecule has 0 saturated heterocycles. The van der Waals surface area contributed by atoms with E-state index in [0.717, 1.165) is 25.7 Å². The molecule has 1 aromatic rings.